The molecule has 0 aliphatic carbocycles. The van der Waals surface area contributed by atoms with Gasteiger partial charge in [0.1, 0.15) is 10.7 Å². The number of aromatic nitrogens is 1. The van der Waals surface area contributed by atoms with Crippen molar-refractivity contribution in [1.82, 2.24) is 4.98 Å². The SMILES string of the molecule is O=C(Nc1ccccc1N1CCC(O)CC1)c1csc(-c2cccs2)n1. The van der Waals surface area contributed by atoms with Gasteiger partial charge in [-0.2, -0.15) is 0 Å². The molecule has 0 unspecified atom stereocenters. The number of nitrogens with one attached hydrogen (secondary N) is 1. The lowest BCUT2D eigenvalue weighted by molar-refractivity contribution is 0.102. The van der Waals surface area contributed by atoms with E-state index < -0.39 is 0 Å². The van der Waals surface area contributed by atoms with Crippen LogP contribution in [0.5, 0.6) is 0 Å². The molecular formula is C19H19N3O2S2. The van der Waals surface area contributed by atoms with E-state index in [0.717, 1.165) is 47.2 Å². The van der Waals surface area contributed by atoms with Crippen LogP contribution in [-0.4, -0.2) is 35.2 Å². The zero-order valence-electron chi connectivity index (χ0n) is 14.1. The van der Waals surface area contributed by atoms with Gasteiger partial charge in [0.25, 0.3) is 5.91 Å². The van der Waals surface area contributed by atoms with Crippen LogP contribution in [-0.2, 0) is 0 Å². The van der Waals surface area contributed by atoms with Gasteiger partial charge < -0.3 is 15.3 Å². The van der Waals surface area contributed by atoms with Crippen LogP contribution in [0.15, 0.2) is 47.2 Å². The first-order valence-corrected chi connectivity index (χ1v) is 10.3. The molecule has 4 rings (SSSR count). The van der Waals surface area contributed by atoms with Gasteiger partial charge in [-0.15, -0.1) is 22.7 Å². The summed E-state index contributed by atoms with van der Waals surface area (Å²) in [6, 6.07) is 11.8. The van der Waals surface area contributed by atoms with E-state index >= 15 is 0 Å². The first-order valence-electron chi connectivity index (χ1n) is 8.53. The Morgan fingerprint density at radius 2 is 1.96 bits per heavy atom. The number of anilines is 2. The Balaban J connectivity index is 1.51. The summed E-state index contributed by atoms with van der Waals surface area (Å²) in [5.74, 6) is -0.200. The van der Waals surface area contributed by atoms with Crippen molar-refractivity contribution in [3.8, 4) is 9.88 Å². The average Bonchev–Trinajstić information content (AvgIpc) is 3.34. The van der Waals surface area contributed by atoms with Crippen molar-refractivity contribution < 1.29 is 9.90 Å². The third-order valence-electron chi connectivity index (χ3n) is 4.43. The van der Waals surface area contributed by atoms with Crippen LogP contribution in [0.25, 0.3) is 9.88 Å². The summed E-state index contributed by atoms with van der Waals surface area (Å²) < 4.78 is 0. The standard InChI is InChI=1S/C19H19N3O2S2/c23-13-7-9-22(10-8-13)16-5-2-1-4-14(16)20-18(24)15-12-26-19(21-15)17-6-3-11-25-17/h1-6,11-13,23H,7-10H2,(H,20,24). The Bertz CT molecular complexity index is 884. The molecule has 1 amide bonds. The summed E-state index contributed by atoms with van der Waals surface area (Å²) in [6.45, 7) is 1.57. The van der Waals surface area contributed by atoms with E-state index in [0.29, 0.717) is 5.69 Å². The molecule has 1 aliphatic rings. The number of aliphatic hydroxyl groups is 1. The van der Waals surface area contributed by atoms with Crippen molar-refractivity contribution in [2.45, 2.75) is 18.9 Å². The zero-order chi connectivity index (χ0) is 17.9. The molecule has 0 radical (unpaired) electrons. The van der Waals surface area contributed by atoms with Crippen molar-refractivity contribution in [3.05, 3.63) is 52.9 Å². The molecule has 1 aromatic carbocycles. The molecule has 0 spiro atoms. The van der Waals surface area contributed by atoms with Gasteiger partial charge in [0.05, 0.1) is 22.4 Å². The Hall–Kier alpha value is -2.22. The third-order valence-corrected chi connectivity index (χ3v) is 6.31. The van der Waals surface area contributed by atoms with E-state index in [1.807, 2.05) is 41.8 Å². The number of amides is 1. The van der Waals surface area contributed by atoms with E-state index in [9.17, 15) is 9.90 Å². The van der Waals surface area contributed by atoms with Crippen molar-refractivity contribution in [1.29, 1.82) is 0 Å². The van der Waals surface area contributed by atoms with E-state index in [-0.39, 0.29) is 12.0 Å². The molecule has 3 aromatic rings. The van der Waals surface area contributed by atoms with Crippen LogP contribution in [0.1, 0.15) is 23.3 Å². The van der Waals surface area contributed by atoms with E-state index in [1.54, 1.807) is 16.7 Å². The maximum absolute atomic E-state index is 12.7. The number of rotatable bonds is 4. The van der Waals surface area contributed by atoms with Crippen LogP contribution in [0.4, 0.5) is 11.4 Å². The summed E-state index contributed by atoms with van der Waals surface area (Å²) in [7, 11) is 0. The van der Waals surface area contributed by atoms with Crippen LogP contribution >= 0.6 is 22.7 Å². The molecule has 0 atom stereocenters. The predicted octanol–water partition coefficient (Wildman–Crippen LogP) is 4.09. The highest BCUT2D eigenvalue weighted by molar-refractivity contribution is 7.20. The van der Waals surface area contributed by atoms with Crippen molar-refractivity contribution >= 4 is 40.0 Å². The molecule has 26 heavy (non-hydrogen) atoms. The zero-order valence-corrected chi connectivity index (χ0v) is 15.7. The predicted molar refractivity (Wildman–Crippen MR) is 107 cm³/mol. The topological polar surface area (TPSA) is 65.5 Å². The lowest BCUT2D eigenvalue weighted by atomic mass is 10.1. The van der Waals surface area contributed by atoms with Gasteiger partial charge in [0.2, 0.25) is 0 Å². The highest BCUT2D eigenvalue weighted by atomic mass is 32.1. The second-order valence-corrected chi connectivity index (χ2v) is 8.01. The molecule has 1 aliphatic heterocycles. The maximum atomic E-state index is 12.7. The van der Waals surface area contributed by atoms with E-state index in [1.165, 1.54) is 11.3 Å². The fourth-order valence-corrected chi connectivity index (χ4v) is 4.65. The van der Waals surface area contributed by atoms with Crippen LogP contribution in [0.2, 0.25) is 0 Å². The number of carbonyl (C=O) groups is 1. The monoisotopic (exact) mass is 385 g/mol. The smallest absolute Gasteiger partial charge is 0.275 e. The molecule has 0 bridgehead atoms. The second kappa shape index (κ2) is 7.57. The fourth-order valence-electron chi connectivity index (χ4n) is 3.04. The van der Waals surface area contributed by atoms with Crippen molar-refractivity contribution in [3.63, 3.8) is 0 Å². The number of hydrogen-bond acceptors (Lipinski definition) is 6. The highest BCUT2D eigenvalue weighted by Crippen LogP contribution is 2.30. The molecule has 5 nitrogen and oxygen atoms in total. The molecule has 1 fully saturated rings. The number of thiazole rings is 1. The van der Waals surface area contributed by atoms with Crippen LogP contribution < -0.4 is 10.2 Å². The molecule has 2 N–H and O–H groups in total. The largest absolute Gasteiger partial charge is 0.393 e. The number of hydrogen-bond donors (Lipinski definition) is 2. The average molecular weight is 386 g/mol. The number of thiophene rings is 1. The minimum atomic E-state index is -0.223. The first kappa shape index (κ1) is 17.2. The van der Waals surface area contributed by atoms with E-state index in [2.05, 4.69) is 15.2 Å². The quantitative estimate of drug-likeness (QED) is 0.710. The Morgan fingerprint density at radius 1 is 1.15 bits per heavy atom. The molecule has 134 valence electrons. The van der Waals surface area contributed by atoms with Gasteiger partial charge in [0.15, 0.2) is 0 Å². The lowest BCUT2D eigenvalue weighted by Crippen LogP contribution is -2.36. The number of nitrogens with zero attached hydrogens (tertiary/aromatic N) is 2. The minimum absolute atomic E-state index is 0.200. The van der Waals surface area contributed by atoms with Gasteiger partial charge in [-0.3, -0.25) is 4.79 Å². The number of aliphatic hydroxyl groups excluding tert-OH is 1. The first-order chi connectivity index (χ1) is 12.7. The van der Waals surface area contributed by atoms with Crippen LogP contribution in [0.3, 0.4) is 0 Å². The number of benzene rings is 1. The molecular weight excluding hydrogens is 366 g/mol. The number of para-hydroxylation sites is 2. The number of piperidine rings is 1. The van der Waals surface area contributed by atoms with Gasteiger partial charge in [-0.05, 0) is 36.4 Å². The van der Waals surface area contributed by atoms with Crippen molar-refractivity contribution in [2.75, 3.05) is 23.3 Å². The molecule has 0 saturated carbocycles. The Morgan fingerprint density at radius 3 is 2.73 bits per heavy atom. The van der Waals surface area contributed by atoms with Crippen molar-refractivity contribution in [2.24, 2.45) is 0 Å². The fraction of sp³-hybridized carbons (Fsp3) is 0.263. The van der Waals surface area contributed by atoms with Crippen LogP contribution in [0, 0.1) is 0 Å². The summed E-state index contributed by atoms with van der Waals surface area (Å²) in [5.41, 5.74) is 2.20. The summed E-state index contributed by atoms with van der Waals surface area (Å²) >= 11 is 3.09. The van der Waals surface area contributed by atoms with Gasteiger partial charge in [0, 0.05) is 18.5 Å². The number of carbonyl (C=O) groups excluding carboxylic acids is 1. The molecule has 7 heteroatoms. The lowest BCUT2D eigenvalue weighted by Gasteiger charge is -2.32. The van der Waals surface area contributed by atoms with Gasteiger partial charge >= 0.3 is 0 Å². The summed E-state index contributed by atoms with van der Waals surface area (Å²) in [4.78, 5) is 20.4. The third kappa shape index (κ3) is 3.65. The second-order valence-electron chi connectivity index (χ2n) is 6.20. The summed E-state index contributed by atoms with van der Waals surface area (Å²) in [5, 5.41) is 17.4. The maximum Gasteiger partial charge on any atom is 0.275 e. The highest BCUT2D eigenvalue weighted by Gasteiger charge is 2.20. The molecule has 1 saturated heterocycles. The Kier molecular flexibility index (Phi) is 5.01. The normalized spacial score (nSPS) is 15.2. The van der Waals surface area contributed by atoms with Gasteiger partial charge in [-0.25, -0.2) is 4.98 Å². The molecule has 2 aromatic heterocycles. The summed E-state index contributed by atoms with van der Waals surface area (Å²) in [6.07, 6.45) is 1.27. The Labute approximate surface area is 159 Å². The van der Waals surface area contributed by atoms with Gasteiger partial charge in [-0.1, -0.05) is 18.2 Å². The van der Waals surface area contributed by atoms with E-state index in [4.69, 9.17) is 0 Å². The molecule has 3 heterocycles. The minimum Gasteiger partial charge on any atom is -0.393 e.